The third-order valence-electron chi connectivity index (χ3n) is 5.71. The lowest BCUT2D eigenvalue weighted by Crippen LogP contribution is -2.42. The summed E-state index contributed by atoms with van der Waals surface area (Å²) >= 11 is 8.92. The third kappa shape index (κ3) is 5.88. The average Bonchev–Trinajstić information content (AvgIpc) is 3.34. The molecule has 0 spiro atoms. The van der Waals surface area contributed by atoms with Gasteiger partial charge in [0.25, 0.3) is 11.8 Å². The van der Waals surface area contributed by atoms with Crippen molar-refractivity contribution in [2.75, 3.05) is 17.3 Å². The van der Waals surface area contributed by atoms with Gasteiger partial charge in [-0.3, -0.25) is 14.4 Å². The number of benzene rings is 2. The monoisotopic (exact) mass is 575 g/mol. The fourth-order valence-corrected chi connectivity index (χ4v) is 4.29. The molecule has 2 N–H and O–H groups in total. The van der Waals surface area contributed by atoms with E-state index < -0.39 is 11.8 Å². The van der Waals surface area contributed by atoms with Crippen LogP contribution >= 0.6 is 28.1 Å². The van der Waals surface area contributed by atoms with Gasteiger partial charge in [-0.25, -0.2) is 0 Å². The smallest absolute Gasteiger partial charge is 0.291 e. The average molecular weight is 576 g/mol. The molecule has 0 radical (unpaired) electrons. The minimum Gasteiger partial charge on any atom is -0.459 e. The van der Waals surface area contributed by atoms with Crippen molar-refractivity contribution >= 4 is 62.1 Å². The highest BCUT2D eigenvalue weighted by atomic mass is 79.9. The van der Waals surface area contributed by atoms with Crippen LogP contribution in [-0.2, 0) is 14.9 Å². The number of carbonyl (C=O) groups excluding carboxylic acids is 3. The second-order valence-corrected chi connectivity index (χ2v) is 9.27. The Morgan fingerprint density at radius 3 is 2.62 bits per heavy atom. The molecule has 9 heteroatoms. The van der Waals surface area contributed by atoms with Gasteiger partial charge in [0.05, 0.1) is 16.7 Å². The van der Waals surface area contributed by atoms with Gasteiger partial charge in [-0.2, -0.15) is 0 Å². The van der Waals surface area contributed by atoms with Crippen molar-refractivity contribution in [3.63, 3.8) is 0 Å². The van der Waals surface area contributed by atoms with E-state index in [-0.39, 0.29) is 28.0 Å². The quantitative estimate of drug-likeness (QED) is 0.260. The van der Waals surface area contributed by atoms with Crippen molar-refractivity contribution in [2.24, 2.45) is 5.92 Å². The first-order valence-corrected chi connectivity index (χ1v) is 12.8. The number of hydrogen-bond acceptors (Lipinski definition) is 5. The topological polar surface area (TPSA) is 91.6 Å². The molecule has 2 aromatic carbocycles. The molecule has 3 amide bonds. The Kier molecular flexibility index (Phi) is 8.01. The second-order valence-electron chi connectivity index (χ2n) is 8.27. The maximum Gasteiger partial charge on any atom is 0.291 e. The molecule has 1 unspecified atom stereocenters. The SMILES string of the molecule is Cc1ccoc1C(=O)Nc1cccc(C#CC2C(=O)NC=C(C(=O)N(C)c3ccc(CBr)cc3)C2=S)c1. The summed E-state index contributed by atoms with van der Waals surface area (Å²) in [6.45, 7) is 1.78. The second kappa shape index (κ2) is 11.4. The zero-order valence-corrected chi connectivity index (χ0v) is 22.4. The van der Waals surface area contributed by atoms with Crippen molar-refractivity contribution in [1.29, 1.82) is 0 Å². The number of furan rings is 1. The normalized spacial score (nSPS) is 14.7. The lowest BCUT2D eigenvalue weighted by atomic mass is 9.94. The molecular formula is C28H22BrN3O4S. The highest BCUT2D eigenvalue weighted by Gasteiger charge is 2.32. The molecule has 0 saturated heterocycles. The van der Waals surface area contributed by atoms with Gasteiger partial charge in [0, 0.05) is 41.1 Å². The van der Waals surface area contributed by atoms with Crippen LogP contribution in [0.1, 0.15) is 27.2 Å². The first-order valence-electron chi connectivity index (χ1n) is 11.2. The Morgan fingerprint density at radius 2 is 1.95 bits per heavy atom. The molecule has 1 aliphatic heterocycles. The number of hydrogen-bond donors (Lipinski definition) is 2. The summed E-state index contributed by atoms with van der Waals surface area (Å²) in [5.74, 6) is 3.94. The Morgan fingerprint density at radius 1 is 1.19 bits per heavy atom. The van der Waals surface area contributed by atoms with E-state index in [0.29, 0.717) is 22.3 Å². The summed E-state index contributed by atoms with van der Waals surface area (Å²) in [4.78, 5) is 39.8. The maximum atomic E-state index is 13.2. The molecule has 0 fully saturated rings. The van der Waals surface area contributed by atoms with Crippen LogP contribution in [0.3, 0.4) is 0 Å². The van der Waals surface area contributed by atoms with Gasteiger partial charge in [0.2, 0.25) is 5.91 Å². The molecule has 186 valence electrons. The predicted molar refractivity (Wildman–Crippen MR) is 150 cm³/mol. The van der Waals surface area contributed by atoms with E-state index in [2.05, 4.69) is 38.4 Å². The van der Waals surface area contributed by atoms with Crippen LogP contribution in [0.25, 0.3) is 0 Å². The summed E-state index contributed by atoms with van der Waals surface area (Å²) in [5.41, 5.74) is 3.80. The molecule has 0 bridgehead atoms. The summed E-state index contributed by atoms with van der Waals surface area (Å²) in [6, 6.07) is 16.1. The summed E-state index contributed by atoms with van der Waals surface area (Å²) in [7, 11) is 1.65. The molecule has 3 aromatic rings. The van der Waals surface area contributed by atoms with Crippen LogP contribution in [0, 0.1) is 24.7 Å². The van der Waals surface area contributed by atoms with E-state index in [1.807, 2.05) is 24.3 Å². The summed E-state index contributed by atoms with van der Waals surface area (Å²) in [5, 5.41) is 6.09. The first-order chi connectivity index (χ1) is 17.8. The third-order valence-corrected chi connectivity index (χ3v) is 6.81. The highest BCUT2D eigenvalue weighted by Crippen LogP contribution is 2.22. The number of anilines is 2. The number of likely N-dealkylation sites (N-methyl/N-ethyl adjacent to an activating group) is 1. The van der Waals surface area contributed by atoms with Crippen LogP contribution in [0.5, 0.6) is 0 Å². The van der Waals surface area contributed by atoms with Crippen LogP contribution in [0.15, 0.2) is 77.1 Å². The lowest BCUT2D eigenvalue weighted by molar-refractivity contribution is -0.120. The molecule has 1 atom stereocenters. The summed E-state index contributed by atoms with van der Waals surface area (Å²) in [6.07, 6.45) is 2.79. The van der Waals surface area contributed by atoms with E-state index in [0.717, 1.165) is 11.1 Å². The number of halogens is 1. The van der Waals surface area contributed by atoms with Gasteiger partial charge < -0.3 is 20.0 Å². The molecule has 37 heavy (non-hydrogen) atoms. The van der Waals surface area contributed by atoms with Gasteiger partial charge in [0.15, 0.2) is 5.76 Å². The van der Waals surface area contributed by atoms with Crippen molar-refractivity contribution in [3.05, 3.63) is 95.1 Å². The van der Waals surface area contributed by atoms with Gasteiger partial charge in [-0.15, -0.1) is 0 Å². The number of aryl methyl sites for hydroxylation is 1. The number of nitrogens with one attached hydrogen (secondary N) is 2. The number of thiocarbonyl (C=S) groups is 1. The van der Waals surface area contributed by atoms with Crippen LogP contribution in [0.4, 0.5) is 11.4 Å². The first kappa shape index (κ1) is 26.1. The zero-order chi connectivity index (χ0) is 26.5. The Bertz CT molecular complexity index is 1480. The molecule has 1 aromatic heterocycles. The van der Waals surface area contributed by atoms with E-state index in [4.69, 9.17) is 16.6 Å². The predicted octanol–water partition coefficient (Wildman–Crippen LogP) is 4.75. The lowest BCUT2D eigenvalue weighted by Gasteiger charge is -2.24. The number of alkyl halides is 1. The van der Waals surface area contributed by atoms with E-state index in [9.17, 15) is 14.4 Å². The number of rotatable bonds is 5. The fourth-order valence-electron chi connectivity index (χ4n) is 3.60. The molecule has 0 aliphatic carbocycles. The maximum absolute atomic E-state index is 13.2. The van der Waals surface area contributed by atoms with Crippen LogP contribution < -0.4 is 15.5 Å². The molecule has 2 heterocycles. The zero-order valence-electron chi connectivity index (χ0n) is 20.0. The minimum atomic E-state index is -0.980. The number of carbonyl (C=O) groups is 3. The van der Waals surface area contributed by atoms with Crippen LogP contribution in [-0.4, -0.2) is 29.6 Å². The number of amides is 3. The van der Waals surface area contributed by atoms with Crippen molar-refractivity contribution < 1.29 is 18.8 Å². The minimum absolute atomic E-state index is 0.155. The standard InChI is InChI=1S/C28H22BrN3O4S/c1-17-12-13-36-24(17)27(34)31-20-5-3-4-18(14-20)8-11-22-25(37)23(16-30-26(22)33)28(35)32(2)21-9-6-19(15-29)7-10-21/h3-7,9-10,12-14,16,22H,15H2,1-2H3,(H,30,33)(H,31,34). The molecule has 1 aliphatic rings. The Balaban J connectivity index is 1.49. The highest BCUT2D eigenvalue weighted by molar-refractivity contribution is 9.08. The van der Waals surface area contributed by atoms with E-state index >= 15 is 0 Å². The Labute approximate surface area is 228 Å². The Hall–Kier alpha value is -4.00. The van der Waals surface area contributed by atoms with Crippen molar-refractivity contribution in [3.8, 4) is 11.8 Å². The fraction of sp³-hybridized carbons (Fsp3) is 0.143. The van der Waals surface area contributed by atoms with Gasteiger partial charge in [-0.05, 0) is 48.9 Å². The molecule has 4 rings (SSSR count). The van der Waals surface area contributed by atoms with Crippen molar-refractivity contribution in [2.45, 2.75) is 12.3 Å². The number of nitrogens with zero attached hydrogens (tertiary/aromatic N) is 1. The molecular weight excluding hydrogens is 554 g/mol. The largest absolute Gasteiger partial charge is 0.459 e. The summed E-state index contributed by atoms with van der Waals surface area (Å²) < 4.78 is 5.23. The molecule has 0 saturated carbocycles. The van der Waals surface area contributed by atoms with Gasteiger partial charge >= 0.3 is 0 Å². The van der Waals surface area contributed by atoms with E-state index in [1.54, 1.807) is 44.3 Å². The van der Waals surface area contributed by atoms with Gasteiger partial charge in [0.1, 0.15) is 5.92 Å². The van der Waals surface area contributed by atoms with Crippen molar-refractivity contribution in [1.82, 2.24) is 5.32 Å². The molecule has 7 nitrogen and oxygen atoms in total. The van der Waals surface area contributed by atoms with Crippen LogP contribution in [0.2, 0.25) is 0 Å². The van der Waals surface area contributed by atoms with Gasteiger partial charge in [-0.1, -0.05) is 58.2 Å². The van der Waals surface area contributed by atoms with E-state index in [1.165, 1.54) is 17.4 Å².